The van der Waals surface area contributed by atoms with Gasteiger partial charge in [-0.15, -0.1) is 0 Å². The van der Waals surface area contributed by atoms with Crippen LogP contribution in [0.15, 0.2) is 97.1 Å². The largest absolute Gasteiger partial charge is 0.494 e. The quantitative estimate of drug-likeness (QED) is 0.259. The first-order valence-electron chi connectivity index (χ1n) is 11.8. The van der Waals surface area contributed by atoms with Crippen LogP contribution >= 0.6 is 43.2 Å². The fourth-order valence-corrected chi connectivity index (χ4v) is 6.95. The smallest absolute Gasteiger partial charge is 0.338 e. The van der Waals surface area contributed by atoms with Gasteiger partial charge in [-0.1, -0.05) is 72.0 Å². The van der Waals surface area contributed by atoms with Crippen LogP contribution in [0.1, 0.15) is 29.7 Å². The number of halogens is 2. The van der Waals surface area contributed by atoms with Gasteiger partial charge in [0.05, 0.1) is 44.5 Å². The molecular weight excluding hydrogens is 632 g/mol. The third kappa shape index (κ3) is 4.93. The van der Waals surface area contributed by atoms with Gasteiger partial charge in [0.25, 0.3) is 5.56 Å². The number of fused-ring (bicyclic) bond motifs is 1. The van der Waals surface area contributed by atoms with Gasteiger partial charge in [0.15, 0.2) is 4.80 Å². The molecule has 0 bridgehead atoms. The van der Waals surface area contributed by atoms with Gasteiger partial charge < -0.3 is 9.47 Å². The predicted molar refractivity (Wildman–Crippen MR) is 156 cm³/mol. The molecule has 3 aromatic carbocycles. The minimum absolute atomic E-state index is 0.206. The lowest BCUT2D eigenvalue weighted by molar-refractivity contribution is -0.138. The average Bonchev–Trinajstić information content (AvgIpc) is 3.23. The van der Waals surface area contributed by atoms with E-state index in [9.17, 15) is 9.59 Å². The molecule has 6 nitrogen and oxygen atoms in total. The van der Waals surface area contributed by atoms with Crippen molar-refractivity contribution in [2.75, 3.05) is 13.7 Å². The van der Waals surface area contributed by atoms with Crippen molar-refractivity contribution in [1.82, 2.24) is 4.57 Å². The van der Waals surface area contributed by atoms with Gasteiger partial charge in [-0.25, -0.2) is 9.79 Å². The molecule has 1 aliphatic heterocycles. The molecule has 0 saturated carbocycles. The summed E-state index contributed by atoms with van der Waals surface area (Å²) in [5, 5.41) is 0. The summed E-state index contributed by atoms with van der Waals surface area (Å²) in [6, 6.07) is 22.1. The normalized spacial score (nSPS) is 15.2. The Morgan fingerprint density at radius 3 is 2.29 bits per heavy atom. The van der Waals surface area contributed by atoms with E-state index in [1.807, 2.05) is 78.9 Å². The highest BCUT2D eigenvalue weighted by molar-refractivity contribution is 9.11. The molecule has 0 aliphatic carbocycles. The molecule has 9 heteroatoms. The average molecular weight is 654 g/mol. The zero-order valence-corrected chi connectivity index (χ0v) is 24.5. The number of nitrogens with zero attached hydrogens (tertiary/aromatic N) is 2. The molecule has 0 N–H and O–H groups in total. The van der Waals surface area contributed by atoms with Crippen LogP contribution in [0.2, 0.25) is 0 Å². The lowest BCUT2D eigenvalue weighted by Crippen LogP contribution is -2.39. The highest BCUT2D eigenvalue weighted by atomic mass is 79.9. The van der Waals surface area contributed by atoms with Crippen molar-refractivity contribution in [3.05, 3.63) is 124 Å². The third-order valence-corrected chi connectivity index (χ3v) is 8.17. The van der Waals surface area contributed by atoms with E-state index in [2.05, 4.69) is 31.9 Å². The van der Waals surface area contributed by atoms with Crippen LogP contribution in [0.3, 0.4) is 0 Å². The van der Waals surface area contributed by atoms with Crippen LogP contribution in [0.4, 0.5) is 0 Å². The Bertz CT molecular complexity index is 1700. The number of esters is 1. The number of ether oxygens (including phenoxy) is 2. The van der Waals surface area contributed by atoms with Crippen molar-refractivity contribution in [3.63, 3.8) is 0 Å². The van der Waals surface area contributed by atoms with E-state index in [1.165, 1.54) is 11.3 Å². The second kappa shape index (κ2) is 11.2. The van der Waals surface area contributed by atoms with Crippen LogP contribution in [-0.4, -0.2) is 24.3 Å². The SMILES string of the molecule is CCOC(=O)C1=C(c2ccccc2)N=c2s/c(=C\c3cc(Br)c(OC)c(Br)c3)c(=O)n2[C@H]1c1ccccc1. The predicted octanol–water partition coefficient (Wildman–Crippen LogP) is 5.47. The summed E-state index contributed by atoms with van der Waals surface area (Å²) in [4.78, 5) is 32.7. The Morgan fingerprint density at radius 2 is 1.68 bits per heavy atom. The maximum atomic E-state index is 13.9. The summed E-state index contributed by atoms with van der Waals surface area (Å²) in [6.07, 6.45) is 1.82. The van der Waals surface area contributed by atoms with Crippen LogP contribution in [0.25, 0.3) is 11.8 Å². The first-order chi connectivity index (χ1) is 18.4. The van der Waals surface area contributed by atoms with Gasteiger partial charge in [0.2, 0.25) is 0 Å². The highest BCUT2D eigenvalue weighted by Gasteiger charge is 2.35. The molecule has 0 amide bonds. The molecule has 1 aromatic heterocycles. The molecule has 0 saturated heterocycles. The van der Waals surface area contributed by atoms with Crippen molar-refractivity contribution < 1.29 is 14.3 Å². The lowest BCUT2D eigenvalue weighted by atomic mass is 9.93. The van der Waals surface area contributed by atoms with Gasteiger partial charge in [0, 0.05) is 5.56 Å². The van der Waals surface area contributed by atoms with Gasteiger partial charge in [-0.05, 0) is 68.1 Å². The molecule has 1 atom stereocenters. The Hall–Kier alpha value is -3.27. The number of carbonyl (C=O) groups is 1. The van der Waals surface area contributed by atoms with E-state index < -0.39 is 12.0 Å². The minimum atomic E-state index is -0.696. The van der Waals surface area contributed by atoms with Gasteiger partial charge in [-0.2, -0.15) is 0 Å². The van der Waals surface area contributed by atoms with Crippen LogP contribution < -0.4 is 19.6 Å². The van der Waals surface area contributed by atoms with Gasteiger partial charge in [0.1, 0.15) is 5.75 Å². The number of benzene rings is 3. The van der Waals surface area contributed by atoms with E-state index in [4.69, 9.17) is 14.5 Å². The third-order valence-electron chi connectivity index (χ3n) is 6.01. The second-order valence-electron chi connectivity index (χ2n) is 8.36. The summed E-state index contributed by atoms with van der Waals surface area (Å²) in [6.45, 7) is 1.97. The fourth-order valence-electron chi connectivity index (χ4n) is 4.40. The van der Waals surface area contributed by atoms with Gasteiger partial charge in [-0.3, -0.25) is 9.36 Å². The molecule has 1 aliphatic rings. The molecular formula is C29H22Br2N2O4S. The number of rotatable bonds is 6. The van der Waals surface area contributed by atoms with E-state index in [0.717, 1.165) is 25.6 Å². The Morgan fingerprint density at radius 1 is 1.05 bits per heavy atom. The molecule has 4 aromatic rings. The zero-order chi connectivity index (χ0) is 26.8. The maximum Gasteiger partial charge on any atom is 0.338 e. The van der Waals surface area contributed by atoms with Gasteiger partial charge >= 0.3 is 5.97 Å². The van der Waals surface area contributed by atoms with Crippen LogP contribution in [-0.2, 0) is 9.53 Å². The summed E-state index contributed by atoms with van der Waals surface area (Å²) in [5.74, 6) is 0.167. The number of methoxy groups -OCH3 is 1. The van der Waals surface area contributed by atoms with Crippen molar-refractivity contribution in [3.8, 4) is 5.75 Å². The van der Waals surface area contributed by atoms with E-state index in [-0.39, 0.29) is 12.2 Å². The van der Waals surface area contributed by atoms with Crippen LogP contribution in [0.5, 0.6) is 5.75 Å². The molecule has 192 valence electrons. The first kappa shape index (κ1) is 26.3. The maximum absolute atomic E-state index is 13.9. The molecule has 0 radical (unpaired) electrons. The van der Waals surface area contributed by atoms with Crippen molar-refractivity contribution in [1.29, 1.82) is 0 Å². The Labute approximate surface area is 239 Å². The standard InChI is InChI=1S/C29H22Br2N2O4S/c1-3-37-28(35)23-24(18-10-6-4-7-11-18)32-29-33(25(23)19-12-8-5-9-13-19)27(34)22(38-29)16-17-14-20(30)26(36-2)21(31)15-17/h4-16,25H,3H2,1-2H3/b22-16-/t25-/m0/s1. The van der Waals surface area contributed by atoms with Crippen molar-refractivity contribution >= 4 is 60.9 Å². The number of aromatic nitrogens is 1. The summed E-state index contributed by atoms with van der Waals surface area (Å²) < 4.78 is 14.5. The number of hydrogen-bond acceptors (Lipinski definition) is 6. The molecule has 2 heterocycles. The zero-order valence-electron chi connectivity index (χ0n) is 20.5. The topological polar surface area (TPSA) is 69.9 Å². The molecule has 5 rings (SSSR count). The van der Waals surface area contributed by atoms with Crippen molar-refractivity contribution in [2.24, 2.45) is 4.99 Å². The molecule has 0 unspecified atom stereocenters. The summed E-state index contributed by atoms with van der Waals surface area (Å²) >= 11 is 8.34. The van der Waals surface area contributed by atoms with E-state index in [0.29, 0.717) is 26.4 Å². The summed E-state index contributed by atoms with van der Waals surface area (Å²) in [7, 11) is 1.59. The minimum Gasteiger partial charge on any atom is -0.494 e. The lowest BCUT2D eigenvalue weighted by Gasteiger charge is -2.25. The van der Waals surface area contributed by atoms with Crippen LogP contribution in [0, 0.1) is 0 Å². The van der Waals surface area contributed by atoms with E-state index >= 15 is 0 Å². The highest BCUT2D eigenvalue weighted by Crippen LogP contribution is 2.36. The van der Waals surface area contributed by atoms with E-state index in [1.54, 1.807) is 18.6 Å². The summed E-state index contributed by atoms with van der Waals surface area (Å²) in [5.41, 5.74) is 2.97. The second-order valence-corrected chi connectivity index (χ2v) is 11.1. The van der Waals surface area contributed by atoms with Crippen molar-refractivity contribution in [2.45, 2.75) is 13.0 Å². The molecule has 38 heavy (non-hydrogen) atoms. The number of carbonyl (C=O) groups excluding carboxylic acids is 1. The number of hydrogen-bond donors (Lipinski definition) is 0. The molecule has 0 fully saturated rings. The Kier molecular flexibility index (Phi) is 7.78. The fraction of sp³-hybridized carbons (Fsp3) is 0.138. The first-order valence-corrected chi connectivity index (χ1v) is 14.2. The Balaban J connectivity index is 1.80. The number of thiazole rings is 1. The monoisotopic (exact) mass is 652 g/mol. The molecule has 0 spiro atoms.